The molecule has 0 radical (unpaired) electrons. The standard InChI is InChI=1S/C29H40N4O4/c1-5-21-18(3)19-15-24-26(21)32(17-19)10-9-22-23-16-20(37-28(34)31-13-11-30(4)12-14-31)7-8-25(23)33(27(22)24)29(35)36-6-2/h7-8,16,18-19,21,24,26H,5-6,9-15,17H2,1-4H3/t18-,19-,21-,24+,26?/m0/s1. The number of carbonyl (C=O) groups is 2. The average molecular weight is 509 g/mol. The second-order valence-electron chi connectivity index (χ2n) is 11.5. The maximum atomic E-state index is 13.4. The van der Waals surface area contributed by atoms with E-state index in [2.05, 4.69) is 30.7 Å². The number of rotatable bonds is 3. The Hall–Kier alpha value is -2.58. The van der Waals surface area contributed by atoms with Crippen molar-refractivity contribution in [1.29, 1.82) is 0 Å². The summed E-state index contributed by atoms with van der Waals surface area (Å²) < 4.78 is 13.3. The van der Waals surface area contributed by atoms with E-state index in [-0.39, 0.29) is 12.2 Å². The first-order chi connectivity index (χ1) is 17.9. The van der Waals surface area contributed by atoms with Gasteiger partial charge >= 0.3 is 12.2 Å². The molecule has 2 unspecified atom stereocenters. The Morgan fingerprint density at radius 3 is 2.57 bits per heavy atom. The lowest BCUT2D eigenvalue weighted by Crippen LogP contribution is -2.59. The summed E-state index contributed by atoms with van der Waals surface area (Å²) in [6.45, 7) is 12.1. The number of fused-ring (bicyclic) bond motifs is 4. The van der Waals surface area contributed by atoms with Gasteiger partial charge < -0.3 is 19.3 Å². The van der Waals surface area contributed by atoms with E-state index in [0.717, 1.165) is 62.0 Å². The van der Waals surface area contributed by atoms with E-state index >= 15 is 0 Å². The van der Waals surface area contributed by atoms with Gasteiger partial charge in [0, 0.05) is 62.3 Å². The molecule has 1 aliphatic carbocycles. The number of hydrogen-bond donors (Lipinski definition) is 0. The van der Waals surface area contributed by atoms with Crippen molar-refractivity contribution < 1.29 is 19.1 Å². The van der Waals surface area contributed by atoms with E-state index in [9.17, 15) is 9.59 Å². The zero-order valence-electron chi connectivity index (χ0n) is 22.6. The first-order valence-electron chi connectivity index (χ1n) is 14.1. The number of aromatic nitrogens is 1. The largest absolute Gasteiger partial charge is 0.449 e. The lowest BCUT2D eigenvalue weighted by molar-refractivity contribution is -0.0545. The number of nitrogens with zero attached hydrogens (tertiary/aromatic N) is 4. The molecule has 4 bridgehead atoms. The Bertz CT molecular complexity index is 1200. The van der Waals surface area contributed by atoms with Crippen LogP contribution in [0, 0.1) is 17.8 Å². The number of ether oxygens (including phenoxy) is 2. The van der Waals surface area contributed by atoms with E-state index in [4.69, 9.17) is 9.47 Å². The maximum absolute atomic E-state index is 13.4. The molecule has 0 N–H and O–H groups in total. The number of hydrogen-bond acceptors (Lipinski definition) is 6. The molecule has 2 aromatic rings. The number of amides is 1. The smallest absolute Gasteiger partial charge is 0.418 e. The van der Waals surface area contributed by atoms with Gasteiger partial charge in [-0.15, -0.1) is 0 Å². The van der Waals surface area contributed by atoms with Crippen LogP contribution in [0.1, 0.15) is 50.8 Å². The summed E-state index contributed by atoms with van der Waals surface area (Å²) in [4.78, 5) is 33.0. The molecule has 4 fully saturated rings. The van der Waals surface area contributed by atoms with Gasteiger partial charge in [0.05, 0.1) is 12.1 Å². The van der Waals surface area contributed by atoms with Crippen molar-refractivity contribution >= 4 is 23.1 Å². The lowest BCUT2D eigenvalue weighted by atomic mass is 9.60. The van der Waals surface area contributed by atoms with Gasteiger partial charge in [-0.3, -0.25) is 4.90 Å². The van der Waals surface area contributed by atoms with Crippen molar-refractivity contribution in [3.05, 3.63) is 29.5 Å². The van der Waals surface area contributed by atoms with Crippen LogP contribution in [-0.2, 0) is 11.2 Å². The molecule has 1 aromatic carbocycles. The van der Waals surface area contributed by atoms with Gasteiger partial charge in [0.2, 0.25) is 0 Å². The van der Waals surface area contributed by atoms with Crippen molar-refractivity contribution in [2.45, 2.75) is 52.0 Å². The predicted molar refractivity (Wildman–Crippen MR) is 142 cm³/mol. The molecule has 8 nitrogen and oxygen atoms in total. The highest BCUT2D eigenvalue weighted by atomic mass is 16.6. The molecule has 1 amide bonds. The Labute approximate surface area is 219 Å². The van der Waals surface area contributed by atoms with E-state index in [1.54, 1.807) is 4.90 Å². The van der Waals surface area contributed by atoms with Crippen LogP contribution < -0.4 is 4.74 Å². The third-order valence-corrected chi connectivity index (χ3v) is 9.69. The molecule has 6 atom stereocenters. The summed E-state index contributed by atoms with van der Waals surface area (Å²) in [7, 11) is 2.07. The molecule has 7 rings (SSSR count). The number of likely N-dealkylation sites (N-methyl/N-ethyl adjacent to an activating group) is 1. The molecule has 200 valence electrons. The van der Waals surface area contributed by atoms with Crippen molar-refractivity contribution in [2.24, 2.45) is 17.8 Å². The minimum atomic E-state index is -0.303. The molecule has 5 aliphatic rings. The predicted octanol–water partition coefficient (Wildman–Crippen LogP) is 4.40. The quantitative estimate of drug-likeness (QED) is 0.612. The molecule has 8 heteroatoms. The van der Waals surface area contributed by atoms with E-state index in [1.807, 2.05) is 29.7 Å². The summed E-state index contributed by atoms with van der Waals surface area (Å²) in [5.41, 5.74) is 3.22. The third-order valence-electron chi connectivity index (χ3n) is 9.69. The summed E-state index contributed by atoms with van der Waals surface area (Å²) in [6, 6.07) is 6.19. The molecular formula is C29H40N4O4. The van der Waals surface area contributed by atoms with Crippen molar-refractivity contribution in [1.82, 2.24) is 19.3 Å². The molecule has 1 saturated carbocycles. The molecule has 4 aliphatic heterocycles. The van der Waals surface area contributed by atoms with Gasteiger partial charge in [-0.2, -0.15) is 0 Å². The van der Waals surface area contributed by atoms with Crippen LogP contribution in [-0.4, -0.2) is 90.4 Å². The molecular weight excluding hydrogens is 468 g/mol. The molecule has 0 spiro atoms. The fourth-order valence-electron chi connectivity index (χ4n) is 7.82. The van der Waals surface area contributed by atoms with Gasteiger partial charge in [-0.05, 0) is 68.3 Å². The fourth-order valence-corrected chi connectivity index (χ4v) is 7.82. The van der Waals surface area contributed by atoms with Crippen LogP contribution in [0.4, 0.5) is 9.59 Å². The van der Waals surface area contributed by atoms with Gasteiger partial charge in [-0.25, -0.2) is 14.2 Å². The van der Waals surface area contributed by atoms with Gasteiger partial charge in [0.25, 0.3) is 0 Å². The van der Waals surface area contributed by atoms with Crippen molar-refractivity contribution in [3.8, 4) is 5.75 Å². The highest BCUT2D eigenvalue weighted by Gasteiger charge is 2.53. The van der Waals surface area contributed by atoms with Crippen LogP contribution >= 0.6 is 0 Å². The highest BCUT2D eigenvalue weighted by Crippen LogP contribution is 2.54. The second-order valence-corrected chi connectivity index (χ2v) is 11.5. The molecule has 3 saturated heterocycles. The number of carbonyl (C=O) groups excluding carboxylic acids is 2. The minimum Gasteiger partial charge on any atom is -0.449 e. The van der Waals surface area contributed by atoms with Crippen LogP contribution in [0.3, 0.4) is 0 Å². The first kappa shape index (κ1) is 24.7. The van der Waals surface area contributed by atoms with E-state index in [0.29, 0.717) is 55.2 Å². The Kier molecular flexibility index (Phi) is 6.43. The zero-order valence-corrected chi connectivity index (χ0v) is 22.6. The highest BCUT2D eigenvalue weighted by molar-refractivity contribution is 5.95. The SMILES string of the molecule is CCOC(=O)n1c2c(c3cc(OC(=O)N4CCN(C)CC4)ccc31)CCN1C[C@@H]3C[C@@H]2C1[C@@H](CC)[C@H]3C. The third kappa shape index (κ3) is 4.04. The van der Waals surface area contributed by atoms with Crippen LogP contribution in [0.5, 0.6) is 5.75 Å². The minimum absolute atomic E-state index is 0.299. The van der Waals surface area contributed by atoms with Gasteiger partial charge in [0.1, 0.15) is 5.75 Å². The Balaban J connectivity index is 1.41. The monoisotopic (exact) mass is 508 g/mol. The second kappa shape index (κ2) is 9.62. The zero-order chi connectivity index (χ0) is 25.8. The molecule has 5 heterocycles. The number of benzene rings is 1. The summed E-state index contributed by atoms with van der Waals surface area (Å²) in [6.07, 6.45) is 2.57. The summed E-state index contributed by atoms with van der Waals surface area (Å²) in [5, 5.41) is 1.01. The van der Waals surface area contributed by atoms with E-state index < -0.39 is 0 Å². The summed E-state index contributed by atoms with van der Waals surface area (Å²) >= 11 is 0. The van der Waals surface area contributed by atoms with Crippen LogP contribution in [0.15, 0.2) is 18.2 Å². The number of piperazine rings is 1. The molecule has 37 heavy (non-hydrogen) atoms. The van der Waals surface area contributed by atoms with Gasteiger partial charge in [0.15, 0.2) is 0 Å². The van der Waals surface area contributed by atoms with Crippen LogP contribution in [0.2, 0.25) is 0 Å². The van der Waals surface area contributed by atoms with Crippen molar-refractivity contribution in [3.63, 3.8) is 0 Å². The maximum Gasteiger partial charge on any atom is 0.418 e. The number of piperidine rings is 2. The molecule has 1 aromatic heterocycles. The first-order valence-corrected chi connectivity index (χ1v) is 14.1. The summed E-state index contributed by atoms with van der Waals surface area (Å²) in [5.74, 6) is 2.85. The Morgan fingerprint density at radius 1 is 1.05 bits per heavy atom. The van der Waals surface area contributed by atoms with Crippen molar-refractivity contribution in [2.75, 3.05) is 52.9 Å². The van der Waals surface area contributed by atoms with Crippen LogP contribution in [0.25, 0.3) is 10.9 Å². The topological polar surface area (TPSA) is 67.2 Å². The normalized spacial score (nSPS) is 31.2. The van der Waals surface area contributed by atoms with E-state index in [1.165, 1.54) is 5.56 Å². The fraction of sp³-hybridized carbons (Fsp3) is 0.655. The average Bonchev–Trinajstić information content (AvgIpc) is 3.16. The van der Waals surface area contributed by atoms with Gasteiger partial charge in [-0.1, -0.05) is 20.3 Å². The Morgan fingerprint density at radius 2 is 1.84 bits per heavy atom. The lowest BCUT2D eigenvalue weighted by Gasteiger charge is -2.56.